The summed E-state index contributed by atoms with van der Waals surface area (Å²) < 4.78 is 10.9. The molecule has 0 saturated carbocycles. The van der Waals surface area contributed by atoms with Gasteiger partial charge >= 0.3 is 12.1 Å². The Morgan fingerprint density at radius 2 is 1.59 bits per heavy atom. The molecule has 0 bridgehead atoms. The standard InChI is InChI=1S/C28H38N4O5/c1-20-9-6-7-10-22(20)29-26(34)30-23-13-11-21(19-24(23)36-5)12-14-25(33)31-15-8-16-32(18-17-31)27(35)37-28(2,3)4/h6-7,9-11,13,19H,8,12,14-18H2,1-5H3,(H2,29,30,34). The molecule has 200 valence electrons. The van der Waals surface area contributed by atoms with Gasteiger partial charge in [-0.05, 0) is 69.9 Å². The van der Waals surface area contributed by atoms with Crippen LogP contribution in [0.5, 0.6) is 5.75 Å². The molecule has 2 N–H and O–H groups in total. The van der Waals surface area contributed by atoms with Crippen molar-refractivity contribution in [3.05, 3.63) is 53.6 Å². The van der Waals surface area contributed by atoms with Gasteiger partial charge in [0.2, 0.25) is 5.91 Å². The highest BCUT2D eigenvalue weighted by atomic mass is 16.6. The van der Waals surface area contributed by atoms with Crippen LogP contribution in [0.15, 0.2) is 42.5 Å². The first-order valence-electron chi connectivity index (χ1n) is 12.6. The number of rotatable bonds is 6. The van der Waals surface area contributed by atoms with E-state index >= 15 is 0 Å². The molecule has 0 atom stereocenters. The zero-order valence-electron chi connectivity index (χ0n) is 22.4. The van der Waals surface area contributed by atoms with E-state index in [0.717, 1.165) is 16.8 Å². The van der Waals surface area contributed by atoms with Gasteiger partial charge in [-0.15, -0.1) is 0 Å². The molecule has 9 heteroatoms. The maximum atomic E-state index is 12.9. The van der Waals surface area contributed by atoms with Crippen molar-refractivity contribution >= 4 is 29.4 Å². The van der Waals surface area contributed by atoms with Crippen LogP contribution in [0.4, 0.5) is 21.0 Å². The second-order valence-corrected chi connectivity index (χ2v) is 10.1. The van der Waals surface area contributed by atoms with Gasteiger partial charge in [0.05, 0.1) is 12.8 Å². The number of nitrogens with zero attached hydrogens (tertiary/aromatic N) is 2. The molecule has 0 aliphatic carbocycles. The quantitative estimate of drug-likeness (QED) is 0.567. The van der Waals surface area contributed by atoms with Gasteiger partial charge in [-0.3, -0.25) is 4.79 Å². The fourth-order valence-electron chi connectivity index (χ4n) is 4.07. The van der Waals surface area contributed by atoms with Crippen molar-refractivity contribution < 1.29 is 23.9 Å². The number of aryl methyl sites for hydroxylation is 2. The van der Waals surface area contributed by atoms with Crippen LogP contribution >= 0.6 is 0 Å². The van der Waals surface area contributed by atoms with E-state index in [9.17, 15) is 14.4 Å². The highest BCUT2D eigenvalue weighted by Gasteiger charge is 2.26. The Bertz CT molecular complexity index is 1110. The highest BCUT2D eigenvalue weighted by Crippen LogP contribution is 2.27. The number of carbonyl (C=O) groups is 3. The van der Waals surface area contributed by atoms with E-state index in [-0.39, 0.29) is 18.0 Å². The van der Waals surface area contributed by atoms with Gasteiger partial charge in [0.15, 0.2) is 0 Å². The molecule has 37 heavy (non-hydrogen) atoms. The van der Waals surface area contributed by atoms with E-state index in [0.29, 0.717) is 56.9 Å². The largest absolute Gasteiger partial charge is 0.495 e. The fourth-order valence-corrected chi connectivity index (χ4v) is 4.07. The van der Waals surface area contributed by atoms with Crippen molar-refractivity contribution in [1.29, 1.82) is 0 Å². The van der Waals surface area contributed by atoms with Crippen molar-refractivity contribution in [2.75, 3.05) is 43.9 Å². The third kappa shape index (κ3) is 8.41. The third-order valence-electron chi connectivity index (χ3n) is 6.04. The fraction of sp³-hybridized carbons (Fsp3) is 0.464. The summed E-state index contributed by atoms with van der Waals surface area (Å²) in [6, 6.07) is 12.7. The molecule has 0 spiro atoms. The summed E-state index contributed by atoms with van der Waals surface area (Å²) in [6.45, 7) is 9.58. The molecule has 0 aromatic heterocycles. The third-order valence-corrected chi connectivity index (χ3v) is 6.04. The van der Waals surface area contributed by atoms with Crippen molar-refractivity contribution in [2.45, 2.75) is 52.6 Å². The van der Waals surface area contributed by atoms with Gasteiger partial charge in [-0.2, -0.15) is 0 Å². The van der Waals surface area contributed by atoms with Crippen LogP contribution in [-0.4, -0.2) is 66.7 Å². The minimum atomic E-state index is -0.546. The summed E-state index contributed by atoms with van der Waals surface area (Å²) in [5.41, 5.74) is 2.62. The molecule has 9 nitrogen and oxygen atoms in total. The van der Waals surface area contributed by atoms with Crippen molar-refractivity contribution in [3.63, 3.8) is 0 Å². The Hall–Kier alpha value is -3.75. The second-order valence-electron chi connectivity index (χ2n) is 10.1. The van der Waals surface area contributed by atoms with Crippen molar-refractivity contribution in [1.82, 2.24) is 9.80 Å². The Kier molecular flexibility index (Phi) is 9.38. The molecular weight excluding hydrogens is 472 g/mol. The van der Waals surface area contributed by atoms with Crippen LogP contribution in [0.2, 0.25) is 0 Å². The molecule has 1 fully saturated rings. The summed E-state index contributed by atoms with van der Waals surface area (Å²) in [5.74, 6) is 0.567. The first-order chi connectivity index (χ1) is 17.6. The number of amides is 4. The van der Waals surface area contributed by atoms with Gasteiger partial charge in [0.25, 0.3) is 0 Å². The van der Waals surface area contributed by atoms with E-state index in [1.807, 2.05) is 69.0 Å². The van der Waals surface area contributed by atoms with E-state index in [1.165, 1.54) is 0 Å². The molecule has 2 aromatic rings. The van der Waals surface area contributed by atoms with Gasteiger partial charge in [-0.25, -0.2) is 9.59 Å². The van der Waals surface area contributed by atoms with Gasteiger partial charge < -0.3 is 29.9 Å². The lowest BCUT2D eigenvalue weighted by atomic mass is 10.1. The van der Waals surface area contributed by atoms with E-state index in [1.54, 1.807) is 18.1 Å². The zero-order chi connectivity index (χ0) is 27.0. The van der Waals surface area contributed by atoms with Crippen LogP contribution in [-0.2, 0) is 16.0 Å². The molecule has 2 aromatic carbocycles. The lowest BCUT2D eigenvalue weighted by Gasteiger charge is -2.26. The number of ether oxygens (including phenoxy) is 2. The Morgan fingerprint density at radius 3 is 2.30 bits per heavy atom. The average Bonchev–Trinajstić information content (AvgIpc) is 3.10. The summed E-state index contributed by atoms with van der Waals surface area (Å²) in [7, 11) is 1.54. The normalized spacial score (nSPS) is 14.0. The zero-order valence-corrected chi connectivity index (χ0v) is 22.4. The Morgan fingerprint density at radius 1 is 0.919 bits per heavy atom. The molecule has 1 heterocycles. The molecule has 0 unspecified atom stereocenters. The maximum absolute atomic E-state index is 12.9. The lowest BCUT2D eigenvalue weighted by Crippen LogP contribution is -2.40. The molecular formula is C28H38N4O5. The van der Waals surface area contributed by atoms with Gasteiger partial charge in [0, 0.05) is 38.3 Å². The van der Waals surface area contributed by atoms with Crippen LogP contribution < -0.4 is 15.4 Å². The summed E-state index contributed by atoms with van der Waals surface area (Å²) in [5, 5.41) is 5.66. The number of nitrogens with one attached hydrogen (secondary N) is 2. The number of anilines is 2. The maximum Gasteiger partial charge on any atom is 0.410 e. The predicted octanol–water partition coefficient (Wildman–Crippen LogP) is 5.05. The van der Waals surface area contributed by atoms with Crippen LogP contribution in [0.25, 0.3) is 0 Å². The lowest BCUT2D eigenvalue weighted by molar-refractivity contribution is -0.131. The van der Waals surface area contributed by atoms with Crippen LogP contribution in [0.3, 0.4) is 0 Å². The summed E-state index contributed by atoms with van der Waals surface area (Å²) in [6.07, 6.45) is 1.26. The SMILES string of the molecule is COc1cc(CCC(=O)N2CCCN(C(=O)OC(C)(C)C)CC2)ccc1NC(=O)Nc1ccccc1C. The number of urea groups is 1. The average molecular weight is 511 g/mol. The minimum Gasteiger partial charge on any atom is -0.495 e. The number of hydrogen-bond donors (Lipinski definition) is 2. The summed E-state index contributed by atoms with van der Waals surface area (Å²) >= 11 is 0. The number of carbonyl (C=O) groups excluding carboxylic acids is 3. The van der Waals surface area contributed by atoms with E-state index < -0.39 is 5.60 Å². The predicted molar refractivity (Wildman–Crippen MR) is 144 cm³/mol. The number of para-hydroxylation sites is 1. The van der Waals surface area contributed by atoms with Gasteiger partial charge in [-0.1, -0.05) is 24.3 Å². The topological polar surface area (TPSA) is 100 Å². The smallest absolute Gasteiger partial charge is 0.410 e. The number of hydrogen-bond acceptors (Lipinski definition) is 5. The first kappa shape index (κ1) is 27.8. The molecule has 3 rings (SSSR count). The minimum absolute atomic E-state index is 0.0461. The van der Waals surface area contributed by atoms with E-state index in [2.05, 4.69) is 10.6 Å². The Balaban J connectivity index is 1.52. The molecule has 1 saturated heterocycles. The number of methoxy groups -OCH3 is 1. The first-order valence-corrected chi connectivity index (χ1v) is 12.6. The monoisotopic (exact) mass is 510 g/mol. The molecule has 0 radical (unpaired) electrons. The Labute approximate surface area is 219 Å². The van der Waals surface area contributed by atoms with Gasteiger partial charge in [0.1, 0.15) is 11.4 Å². The van der Waals surface area contributed by atoms with E-state index in [4.69, 9.17) is 9.47 Å². The van der Waals surface area contributed by atoms with Crippen molar-refractivity contribution in [3.8, 4) is 5.75 Å². The molecule has 1 aliphatic rings. The van der Waals surface area contributed by atoms with Crippen LogP contribution in [0.1, 0.15) is 44.7 Å². The highest BCUT2D eigenvalue weighted by molar-refractivity contribution is 6.01. The second kappa shape index (κ2) is 12.5. The number of benzene rings is 2. The molecule has 4 amide bonds. The summed E-state index contributed by atoms with van der Waals surface area (Å²) in [4.78, 5) is 41.2. The van der Waals surface area contributed by atoms with Crippen molar-refractivity contribution in [2.24, 2.45) is 0 Å². The van der Waals surface area contributed by atoms with Crippen LogP contribution in [0, 0.1) is 6.92 Å². The molecule has 1 aliphatic heterocycles.